The summed E-state index contributed by atoms with van der Waals surface area (Å²) >= 11 is 0. The first-order valence-corrected chi connectivity index (χ1v) is 7.02. The second-order valence-electron chi connectivity index (χ2n) is 5.75. The van der Waals surface area contributed by atoms with Crippen LogP contribution in [0.5, 0.6) is 0 Å². The van der Waals surface area contributed by atoms with Crippen LogP contribution in [0.4, 0.5) is 0 Å². The van der Waals surface area contributed by atoms with E-state index in [1.54, 1.807) is 0 Å². The normalized spacial score (nSPS) is 30.0. The fraction of sp³-hybridized carbons (Fsp3) is 1.00. The summed E-state index contributed by atoms with van der Waals surface area (Å²) in [6, 6.07) is 0.627. The topological polar surface area (TPSA) is 32.3 Å². The van der Waals surface area contributed by atoms with Crippen LogP contribution in [0.1, 0.15) is 65.7 Å². The van der Waals surface area contributed by atoms with Crippen molar-refractivity contribution in [3.63, 3.8) is 0 Å². The second-order valence-corrected chi connectivity index (χ2v) is 5.75. The molecule has 0 aromatic heterocycles. The molecule has 16 heavy (non-hydrogen) atoms. The van der Waals surface area contributed by atoms with E-state index in [9.17, 15) is 5.11 Å². The molecule has 1 rings (SSSR count). The predicted octanol–water partition coefficient (Wildman–Crippen LogP) is 3.10. The third kappa shape index (κ3) is 4.06. The lowest BCUT2D eigenvalue weighted by atomic mass is 9.82. The quantitative estimate of drug-likeness (QED) is 0.731. The number of nitrogens with one attached hydrogen (secondary N) is 1. The lowest BCUT2D eigenvalue weighted by molar-refractivity contribution is 0.133. The third-order valence-electron chi connectivity index (χ3n) is 4.06. The standard InChI is InChI=1S/C14H29NO/c1-4-9-14(3,11-16)15-13-8-6-7-12(5-2)10-13/h12-13,15-16H,4-11H2,1-3H3. The van der Waals surface area contributed by atoms with Crippen molar-refractivity contribution in [1.82, 2.24) is 5.32 Å². The molecular weight excluding hydrogens is 198 g/mol. The van der Waals surface area contributed by atoms with E-state index in [1.807, 2.05) is 0 Å². The molecule has 0 aromatic carbocycles. The van der Waals surface area contributed by atoms with Crippen molar-refractivity contribution < 1.29 is 5.11 Å². The van der Waals surface area contributed by atoms with Crippen LogP contribution in [0.25, 0.3) is 0 Å². The summed E-state index contributed by atoms with van der Waals surface area (Å²) in [6.07, 6.45) is 8.85. The van der Waals surface area contributed by atoms with Crippen LogP contribution < -0.4 is 5.32 Å². The van der Waals surface area contributed by atoms with Crippen molar-refractivity contribution in [2.24, 2.45) is 5.92 Å². The number of aliphatic hydroxyl groups excluding tert-OH is 1. The molecule has 1 aliphatic rings. The largest absolute Gasteiger partial charge is 0.394 e. The molecule has 0 aliphatic heterocycles. The summed E-state index contributed by atoms with van der Waals surface area (Å²) in [7, 11) is 0. The van der Waals surface area contributed by atoms with Gasteiger partial charge in [0.15, 0.2) is 0 Å². The van der Waals surface area contributed by atoms with Crippen molar-refractivity contribution in [3.05, 3.63) is 0 Å². The third-order valence-corrected chi connectivity index (χ3v) is 4.06. The number of aliphatic hydroxyl groups is 1. The second kappa shape index (κ2) is 6.61. The zero-order valence-electron chi connectivity index (χ0n) is 11.3. The Hall–Kier alpha value is -0.0800. The Labute approximate surface area is 101 Å². The molecule has 1 aliphatic carbocycles. The maximum atomic E-state index is 9.51. The molecule has 0 bridgehead atoms. The van der Waals surface area contributed by atoms with E-state index in [4.69, 9.17) is 0 Å². The van der Waals surface area contributed by atoms with Crippen molar-refractivity contribution in [2.75, 3.05) is 6.61 Å². The number of hydrogen-bond donors (Lipinski definition) is 2. The summed E-state index contributed by atoms with van der Waals surface area (Å²) in [5, 5.41) is 13.2. The molecule has 2 heteroatoms. The molecule has 2 N–H and O–H groups in total. The lowest BCUT2D eigenvalue weighted by Crippen LogP contribution is -2.52. The Morgan fingerprint density at radius 1 is 1.31 bits per heavy atom. The Morgan fingerprint density at radius 2 is 2.06 bits per heavy atom. The minimum atomic E-state index is -0.0605. The minimum Gasteiger partial charge on any atom is -0.394 e. The molecule has 0 saturated heterocycles. The van der Waals surface area contributed by atoms with Crippen LogP contribution in [0.3, 0.4) is 0 Å². The Bertz CT molecular complexity index is 195. The predicted molar refractivity (Wildman–Crippen MR) is 69.6 cm³/mol. The fourth-order valence-corrected chi connectivity index (χ4v) is 3.03. The zero-order valence-corrected chi connectivity index (χ0v) is 11.3. The van der Waals surface area contributed by atoms with Gasteiger partial charge in [0.05, 0.1) is 6.61 Å². The molecule has 1 saturated carbocycles. The van der Waals surface area contributed by atoms with Crippen LogP contribution in [-0.2, 0) is 0 Å². The molecule has 0 heterocycles. The molecule has 0 radical (unpaired) electrons. The van der Waals surface area contributed by atoms with E-state index < -0.39 is 0 Å². The Balaban J connectivity index is 2.44. The molecule has 0 spiro atoms. The van der Waals surface area contributed by atoms with Crippen molar-refractivity contribution in [2.45, 2.75) is 77.3 Å². The van der Waals surface area contributed by atoms with Gasteiger partial charge in [-0.15, -0.1) is 0 Å². The van der Waals surface area contributed by atoms with Crippen molar-refractivity contribution >= 4 is 0 Å². The van der Waals surface area contributed by atoms with E-state index in [1.165, 1.54) is 32.1 Å². The Morgan fingerprint density at radius 3 is 2.62 bits per heavy atom. The van der Waals surface area contributed by atoms with Gasteiger partial charge in [0.1, 0.15) is 0 Å². The van der Waals surface area contributed by atoms with Gasteiger partial charge in [0, 0.05) is 11.6 Å². The Kier molecular flexibility index (Phi) is 5.77. The zero-order chi connectivity index (χ0) is 12.0. The average Bonchev–Trinajstić information content (AvgIpc) is 2.29. The van der Waals surface area contributed by atoms with Gasteiger partial charge >= 0.3 is 0 Å². The van der Waals surface area contributed by atoms with Gasteiger partial charge in [-0.1, -0.05) is 39.5 Å². The van der Waals surface area contributed by atoms with Gasteiger partial charge in [0.25, 0.3) is 0 Å². The van der Waals surface area contributed by atoms with Crippen LogP contribution >= 0.6 is 0 Å². The van der Waals surface area contributed by atoms with E-state index in [0.29, 0.717) is 6.04 Å². The van der Waals surface area contributed by atoms with Crippen LogP contribution in [0, 0.1) is 5.92 Å². The highest BCUT2D eigenvalue weighted by Crippen LogP contribution is 2.28. The summed E-state index contributed by atoms with van der Waals surface area (Å²) in [5.74, 6) is 0.899. The summed E-state index contributed by atoms with van der Waals surface area (Å²) in [6.45, 7) is 6.90. The molecule has 0 aromatic rings. The molecule has 96 valence electrons. The van der Waals surface area contributed by atoms with Gasteiger partial charge < -0.3 is 10.4 Å². The van der Waals surface area contributed by atoms with Gasteiger partial charge in [-0.2, -0.15) is 0 Å². The van der Waals surface area contributed by atoms with Gasteiger partial charge in [-0.05, 0) is 32.1 Å². The van der Waals surface area contributed by atoms with Crippen LogP contribution in [0.15, 0.2) is 0 Å². The highest BCUT2D eigenvalue weighted by Gasteiger charge is 2.28. The maximum absolute atomic E-state index is 9.51. The lowest BCUT2D eigenvalue weighted by Gasteiger charge is -2.37. The van der Waals surface area contributed by atoms with Gasteiger partial charge in [-0.3, -0.25) is 0 Å². The first-order chi connectivity index (χ1) is 7.63. The molecule has 0 amide bonds. The monoisotopic (exact) mass is 227 g/mol. The summed E-state index contributed by atoms with van der Waals surface area (Å²) < 4.78 is 0. The summed E-state index contributed by atoms with van der Waals surface area (Å²) in [4.78, 5) is 0. The maximum Gasteiger partial charge on any atom is 0.0610 e. The molecule has 2 nitrogen and oxygen atoms in total. The molecular formula is C14H29NO. The summed E-state index contributed by atoms with van der Waals surface area (Å²) in [5.41, 5.74) is -0.0605. The first kappa shape index (κ1) is 14.0. The smallest absolute Gasteiger partial charge is 0.0610 e. The number of hydrogen-bond acceptors (Lipinski definition) is 2. The van der Waals surface area contributed by atoms with Crippen molar-refractivity contribution in [3.8, 4) is 0 Å². The first-order valence-electron chi connectivity index (χ1n) is 7.02. The van der Waals surface area contributed by atoms with E-state index in [0.717, 1.165) is 18.8 Å². The van der Waals surface area contributed by atoms with Crippen LogP contribution in [-0.4, -0.2) is 23.3 Å². The van der Waals surface area contributed by atoms with E-state index >= 15 is 0 Å². The van der Waals surface area contributed by atoms with E-state index in [-0.39, 0.29) is 12.1 Å². The minimum absolute atomic E-state index is 0.0605. The highest BCUT2D eigenvalue weighted by molar-refractivity contribution is 4.88. The average molecular weight is 227 g/mol. The van der Waals surface area contributed by atoms with Crippen molar-refractivity contribution in [1.29, 1.82) is 0 Å². The highest BCUT2D eigenvalue weighted by atomic mass is 16.3. The molecule has 3 unspecified atom stereocenters. The fourth-order valence-electron chi connectivity index (χ4n) is 3.03. The van der Waals surface area contributed by atoms with Gasteiger partial charge in [-0.25, -0.2) is 0 Å². The SMILES string of the molecule is CCCC(C)(CO)NC1CCCC(CC)C1. The number of rotatable bonds is 6. The van der Waals surface area contributed by atoms with E-state index in [2.05, 4.69) is 26.1 Å². The molecule has 1 fully saturated rings. The van der Waals surface area contributed by atoms with Crippen LogP contribution in [0.2, 0.25) is 0 Å². The van der Waals surface area contributed by atoms with Gasteiger partial charge in [0.2, 0.25) is 0 Å². The molecule has 3 atom stereocenters.